The molecule has 0 spiro atoms. The van der Waals surface area contributed by atoms with E-state index in [9.17, 15) is 13.2 Å². The molecule has 15 heavy (non-hydrogen) atoms. The second-order valence-corrected chi connectivity index (χ2v) is 5.45. The topological polar surface area (TPSA) is 83.9 Å². The Morgan fingerprint density at radius 2 is 2.13 bits per heavy atom. The van der Waals surface area contributed by atoms with Crippen LogP contribution in [0, 0.1) is 5.92 Å². The molecule has 1 rings (SSSR count). The summed E-state index contributed by atoms with van der Waals surface area (Å²) in [5.41, 5.74) is 0. The van der Waals surface area contributed by atoms with Gasteiger partial charge in [-0.25, -0.2) is 12.7 Å². The predicted molar refractivity (Wildman–Crippen MR) is 53.0 cm³/mol. The fraction of sp³-hybridized carbons (Fsp3) is 0.875. The van der Waals surface area contributed by atoms with Gasteiger partial charge in [-0.05, 0) is 6.92 Å². The highest BCUT2D eigenvalue weighted by atomic mass is 32.2. The van der Waals surface area contributed by atoms with Crippen molar-refractivity contribution in [3.05, 3.63) is 0 Å². The van der Waals surface area contributed by atoms with Gasteiger partial charge in [0.15, 0.2) is 0 Å². The quantitative estimate of drug-likeness (QED) is 0.622. The van der Waals surface area contributed by atoms with Crippen LogP contribution in [0.1, 0.15) is 6.92 Å². The van der Waals surface area contributed by atoms with Gasteiger partial charge in [0.05, 0.1) is 18.3 Å². The molecule has 1 aliphatic rings. The fourth-order valence-corrected chi connectivity index (χ4v) is 2.66. The zero-order valence-corrected chi connectivity index (χ0v) is 9.37. The average Bonchev–Trinajstić information content (AvgIpc) is 1.99. The summed E-state index contributed by atoms with van der Waals surface area (Å²) < 4.78 is 29.1. The lowest BCUT2D eigenvalue weighted by Crippen LogP contribution is -2.53. The standard InChI is InChI=1S/C8H15NO5S/c1-2-14-3-4-15(12,13)9-5-7(6-9)8(10)11/h7H,2-6H2,1H3,(H,10,11). The van der Waals surface area contributed by atoms with Gasteiger partial charge in [-0.3, -0.25) is 4.79 Å². The zero-order chi connectivity index (χ0) is 11.5. The average molecular weight is 237 g/mol. The molecule has 1 N–H and O–H groups in total. The highest BCUT2D eigenvalue weighted by molar-refractivity contribution is 7.89. The summed E-state index contributed by atoms with van der Waals surface area (Å²) in [6.45, 7) is 2.60. The zero-order valence-electron chi connectivity index (χ0n) is 8.55. The molecule has 0 aromatic rings. The lowest BCUT2D eigenvalue weighted by Gasteiger charge is -2.35. The van der Waals surface area contributed by atoms with E-state index in [1.165, 1.54) is 4.31 Å². The van der Waals surface area contributed by atoms with E-state index in [0.717, 1.165) is 0 Å². The summed E-state index contributed by atoms with van der Waals surface area (Å²) in [5, 5.41) is 8.58. The number of carbonyl (C=O) groups is 1. The van der Waals surface area contributed by atoms with E-state index < -0.39 is 21.9 Å². The number of hydrogen-bond donors (Lipinski definition) is 1. The molecule has 0 aromatic carbocycles. The number of aliphatic carboxylic acids is 1. The Hall–Kier alpha value is -0.660. The summed E-state index contributed by atoms with van der Waals surface area (Å²) >= 11 is 0. The number of hydrogen-bond acceptors (Lipinski definition) is 4. The van der Waals surface area contributed by atoms with Crippen LogP contribution >= 0.6 is 0 Å². The molecule has 0 aromatic heterocycles. The van der Waals surface area contributed by atoms with Crippen molar-refractivity contribution in [2.45, 2.75) is 6.92 Å². The van der Waals surface area contributed by atoms with Crippen molar-refractivity contribution >= 4 is 16.0 Å². The van der Waals surface area contributed by atoms with Crippen molar-refractivity contribution in [3.63, 3.8) is 0 Å². The molecular weight excluding hydrogens is 222 g/mol. The van der Waals surface area contributed by atoms with E-state index in [1.807, 2.05) is 0 Å². The van der Waals surface area contributed by atoms with Gasteiger partial charge in [0, 0.05) is 19.7 Å². The van der Waals surface area contributed by atoms with Gasteiger partial charge in [-0.2, -0.15) is 0 Å². The first-order chi connectivity index (χ1) is 6.97. The molecule has 0 radical (unpaired) electrons. The normalized spacial score (nSPS) is 18.7. The Labute approximate surface area is 88.9 Å². The molecule has 1 aliphatic heterocycles. The van der Waals surface area contributed by atoms with E-state index in [4.69, 9.17) is 9.84 Å². The molecule has 0 atom stereocenters. The molecule has 0 saturated carbocycles. The van der Waals surface area contributed by atoms with Gasteiger partial charge in [0.1, 0.15) is 0 Å². The molecule has 6 nitrogen and oxygen atoms in total. The van der Waals surface area contributed by atoms with Crippen LogP contribution in [0.4, 0.5) is 0 Å². The number of carboxylic acid groups (broad SMARTS) is 1. The number of sulfonamides is 1. The van der Waals surface area contributed by atoms with Crippen LogP contribution in [0.2, 0.25) is 0 Å². The number of rotatable bonds is 6. The van der Waals surface area contributed by atoms with E-state index >= 15 is 0 Å². The molecule has 88 valence electrons. The largest absolute Gasteiger partial charge is 0.481 e. The lowest BCUT2D eigenvalue weighted by molar-refractivity contribution is -0.145. The highest BCUT2D eigenvalue weighted by Crippen LogP contribution is 2.19. The van der Waals surface area contributed by atoms with Crippen molar-refractivity contribution in [3.8, 4) is 0 Å². The molecule has 7 heteroatoms. The Balaban J connectivity index is 2.35. The fourth-order valence-electron chi connectivity index (χ4n) is 1.26. The molecule has 0 bridgehead atoms. The van der Waals surface area contributed by atoms with Gasteiger partial charge >= 0.3 is 5.97 Å². The molecular formula is C8H15NO5S. The summed E-state index contributed by atoms with van der Waals surface area (Å²) in [4.78, 5) is 10.5. The minimum atomic E-state index is -3.32. The van der Waals surface area contributed by atoms with Crippen LogP contribution in [-0.2, 0) is 19.6 Å². The summed E-state index contributed by atoms with van der Waals surface area (Å²) in [7, 11) is -3.32. The number of carboxylic acids is 1. The van der Waals surface area contributed by atoms with Crippen molar-refractivity contribution in [1.29, 1.82) is 0 Å². The lowest BCUT2D eigenvalue weighted by atomic mass is 10.0. The Morgan fingerprint density at radius 3 is 2.60 bits per heavy atom. The van der Waals surface area contributed by atoms with Gasteiger partial charge in [-0.1, -0.05) is 0 Å². The van der Waals surface area contributed by atoms with Crippen LogP contribution in [0.15, 0.2) is 0 Å². The van der Waals surface area contributed by atoms with Gasteiger partial charge in [-0.15, -0.1) is 0 Å². The summed E-state index contributed by atoms with van der Waals surface area (Å²) in [6.07, 6.45) is 0. The summed E-state index contributed by atoms with van der Waals surface area (Å²) in [6, 6.07) is 0. The maximum Gasteiger partial charge on any atom is 0.309 e. The van der Waals surface area contributed by atoms with Crippen LogP contribution < -0.4 is 0 Å². The second kappa shape index (κ2) is 4.91. The Bertz CT molecular complexity index is 320. The van der Waals surface area contributed by atoms with Gasteiger partial charge in [0.2, 0.25) is 10.0 Å². The third kappa shape index (κ3) is 3.15. The van der Waals surface area contributed by atoms with Crippen LogP contribution in [0.3, 0.4) is 0 Å². The first kappa shape index (κ1) is 12.4. The van der Waals surface area contributed by atoms with Crippen molar-refractivity contribution < 1.29 is 23.1 Å². The molecule has 0 aliphatic carbocycles. The van der Waals surface area contributed by atoms with Crippen molar-refractivity contribution in [2.24, 2.45) is 5.92 Å². The minimum Gasteiger partial charge on any atom is -0.481 e. The number of nitrogens with zero attached hydrogens (tertiary/aromatic N) is 1. The van der Waals surface area contributed by atoms with Crippen LogP contribution in [0.5, 0.6) is 0 Å². The Morgan fingerprint density at radius 1 is 1.53 bits per heavy atom. The maximum atomic E-state index is 11.5. The van der Waals surface area contributed by atoms with E-state index in [-0.39, 0.29) is 25.4 Å². The van der Waals surface area contributed by atoms with Crippen molar-refractivity contribution in [2.75, 3.05) is 32.1 Å². The third-order valence-corrected chi connectivity index (χ3v) is 4.05. The van der Waals surface area contributed by atoms with Crippen LogP contribution in [0.25, 0.3) is 0 Å². The molecule has 0 amide bonds. The molecule has 0 unspecified atom stereocenters. The smallest absolute Gasteiger partial charge is 0.309 e. The SMILES string of the molecule is CCOCCS(=O)(=O)N1CC(C(=O)O)C1. The highest BCUT2D eigenvalue weighted by Gasteiger charge is 2.39. The van der Waals surface area contributed by atoms with Gasteiger partial charge < -0.3 is 9.84 Å². The van der Waals surface area contributed by atoms with E-state index in [0.29, 0.717) is 6.61 Å². The molecule has 1 heterocycles. The first-order valence-corrected chi connectivity index (χ1v) is 6.36. The second-order valence-electron chi connectivity index (χ2n) is 3.37. The van der Waals surface area contributed by atoms with Crippen molar-refractivity contribution in [1.82, 2.24) is 4.31 Å². The van der Waals surface area contributed by atoms with E-state index in [1.54, 1.807) is 6.92 Å². The van der Waals surface area contributed by atoms with Gasteiger partial charge in [0.25, 0.3) is 0 Å². The summed E-state index contributed by atoms with van der Waals surface area (Å²) in [5.74, 6) is -1.56. The molecule has 1 fully saturated rings. The van der Waals surface area contributed by atoms with Crippen LogP contribution in [-0.4, -0.2) is 55.9 Å². The monoisotopic (exact) mass is 237 g/mol. The minimum absolute atomic E-state index is 0.0762. The first-order valence-electron chi connectivity index (χ1n) is 4.75. The predicted octanol–water partition coefficient (Wildman–Crippen LogP) is -0.631. The van der Waals surface area contributed by atoms with E-state index in [2.05, 4.69) is 0 Å². The molecule has 1 saturated heterocycles. The number of ether oxygens (including phenoxy) is 1. The third-order valence-electron chi connectivity index (χ3n) is 2.28. The Kier molecular flexibility index (Phi) is 4.06. The maximum absolute atomic E-state index is 11.5.